The Kier molecular flexibility index (Phi) is 3.94. The van der Waals surface area contributed by atoms with Gasteiger partial charge in [-0.2, -0.15) is 0 Å². The Morgan fingerprint density at radius 3 is 2.61 bits per heavy atom. The van der Waals surface area contributed by atoms with E-state index in [2.05, 4.69) is 34.7 Å². The van der Waals surface area contributed by atoms with Gasteiger partial charge in [-0.25, -0.2) is 0 Å². The number of aryl methyl sites for hydroxylation is 1. The fourth-order valence-corrected chi connectivity index (χ4v) is 1.74. The van der Waals surface area contributed by atoms with E-state index in [-0.39, 0.29) is 6.04 Å². The number of ether oxygens (including phenoxy) is 1. The van der Waals surface area contributed by atoms with Crippen molar-refractivity contribution in [3.63, 3.8) is 0 Å². The van der Waals surface area contributed by atoms with Crippen LogP contribution in [0, 0.1) is 0 Å². The van der Waals surface area contributed by atoms with Gasteiger partial charge in [-0.1, -0.05) is 17.3 Å². The van der Waals surface area contributed by atoms with Crippen molar-refractivity contribution in [3.05, 3.63) is 41.7 Å². The number of nitrogens with zero attached hydrogens (tertiary/aromatic N) is 3. The molecule has 0 amide bonds. The van der Waals surface area contributed by atoms with Crippen molar-refractivity contribution < 1.29 is 4.74 Å². The van der Waals surface area contributed by atoms with Gasteiger partial charge < -0.3 is 10.1 Å². The zero-order valence-corrected chi connectivity index (χ0v) is 10.9. The van der Waals surface area contributed by atoms with Crippen LogP contribution in [0.5, 0.6) is 5.75 Å². The second-order valence-corrected chi connectivity index (χ2v) is 4.22. The highest BCUT2D eigenvalue weighted by Gasteiger charge is 2.06. The first-order valence-corrected chi connectivity index (χ1v) is 5.91. The van der Waals surface area contributed by atoms with E-state index in [9.17, 15) is 0 Å². The molecule has 0 radical (unpaired) electrons. The Balaban J connectivity index is 1.94. The van der Waals surface area contributed by atoms with Crippen LogP contribution in [0.1, 0.15) is 24.2 Å². The van der Waals surface area contributed by atoms with Gasteiger partial charge in [-0.3, -0.25) is 4.68 Å². The third kappa shape index (κ3) is 2.87. The van der Waals surface area contributed by atoms with Crippen molar-refractivity contribution in [1.82, 2.24) is 20.3 Å². The third-order valence-corrected chi connectivity index (χ3v) is 3.01. The van der Waals surface area contributed by atoms with Crippen LogP contribution in [0.25, 0.3) is 0 Å². The lowest BCUT2D eigenvalue weighted by atomic mass is 10.1. The van der Waals surface area contributed by atoms with Crippen molar-refractivity contribution in [1.29, 1.82) is 0 Å². The normalized spacial score (nSPS) is 12.4. The van der Waals surface area contributed by atoms with E-state index in [1.807, 2.05) is 19.2 Å². The van der Waals surface area contributed by atoms with Gasteiger partial charge in [0.05, 0.1) is 19.0 Å². The Labute approximate surface area is 107 Å². The van der Waals surface area contributed by atoms with Gasteiger partial charge in [0.15, 0.2) is 0 Å². The minimum atomic E-state index is 0.269. The molecule has 0 saturated heterocycles. The minimum absolute atomic E-state index is 0.269. The zero-order chi connectivity index (χ0) is 13.0. The average molecular weight is 246 g/mol. The lowest BCUT2D eigenvalue weighted by molar-refractivity contribution is 0.414. The standard InChI is InChI=1S/C13H18N4O/c1-10(11-4-6-13(18-3)7-5-11)14-8-12-9-15-16-17(12)2/h4-7,9-10,14H,8H2,1-3H3. The van der Waals surface area contributed by atoms with E-state index in [4.69, 9.17) is 4.74 Å². The van der Waals surface area contributed by atoms with E-state index in [0.29, 0.717) is 0 Å². The highest BCUT2D eigenvalue weighted by Crippen LogP contribution is 2.17. The quantitative estimate of drug-likeness (QED) is 0.872. The van der Waals surface area contributed by atoms with Crippen LogP contribution in [-0.4, -0.2) is 22.1 Å². The number of nitrogens with one attached hydrogen (secondary N) is 1. The highest BCUT2D eigenvalue weighted by atomic mass is 16.5. The molecule has 2 aromatic rings. The number of rotatable bonds is 5. The van der Waals surface area contributed by atoms with Crippen LogP contribution in [0.2, 0.25) is 0 Å². The summed E-state index contributed by atoms with van der Waals surface area (Å²) in [5.41, 5.74) is 2.29. The van der Waals surface area contributed by atoms with Crippen molar-refractivity contribution in [3.8, 4) is 5.75 Å². The lowest BCUT2D eigenvalue weighted by Gasteiger charge is -2.14. The van der Waals surface area contributed by atoms with Crippen molar-refractivity contribution in [2.75, 3.05) is 7.11 Å². The molecule has 0 aliphatic rings. The molecule has 0 saturated carbocycles. The molecule has 0 spiro atoms. The number of hydrogen-bond acceptors (Lipinski definition) is 4. The summed E-state index contributed by atoms with van der Waals surface area (Å²) in [5.74, 6) is 0.877. The van der Waals surface area contributed by atoms with Crippen LogP contribution in [-0.2, 0) is 13.6 Å². The molecule has 0 fully saturated rings. The Bertz CT molecular complexity index is 492. The number of aromatic nitrogens is 3. The van der Waals surface area contributed by atoms with Gasteiger partial charge in [-0.05, 0) is 24.6 Å². The molecule has 96 valence electrons. The topological polar surface area (TPSA) is 52.0 Å². The average Bonchev–Trinajstić information content (AvgIpc) is 2.81. The molecule has 0 aliphatic carbocycles. The molecule has 18 heavy (non-hydrogen) atoms. The summed E-state index contributed by atoms with van der Waals surface area (Å²) in [7, 11) is 3.56. The van der Waals surface area contributed by atoms with Crippen LogP contribution < -0.4 is 10.1 Å². The Morgan fingerprint density at radius 2 is 2.06 bits per heavy atom. The molecule has 0 bridgehead atoms. The maximum absolute atomic E-state index is 5.14. The molecule has 2 rings (SSSR count). The van der Waals surface area contributed by atoms with Crippen molar-refractivity contribution in [2.24, 2.45) is 7.05 Å². The SMILES string of the molecule is COc1ccc(C(C)NCc2cnnn2C)cc1. The fraction of sp³-hybridized carbons (Fsp3) is 0.385. The molecule has 1 N–H and O–H groups in total. The summed E-state index contributed by atoms with van der Waals surface area (Å²) in [4.78, 5) is 0. The van der Waals surface area contributed by atoms with Gasteiger partial charge >= 0.3 is 0 Å². The van der Waals surface area contributed by atoms with Crippen LogP contribution in [0.3, 0.4) is 0 Å². The van der Waals surface area contributed by atoms with E-state index in [1.54, 1.807) is 18.0 Å². The lowest BCUT2D eigenvalue weighted by Crippen LogP contribution is -2.19. The highest BCUT2D eigenvalue weighted by molar-refractivity contribution is 5.28. The Hall–Kier alpha value is -1.88. The molecular formula is C13H18N4O. The second kappa shape index (κ2) is 5.64. The van der Waals surface area contributed by atoms with Gasteiger partial charge in [-0.15, -0.1) is 5.10 Å². The summed E-state index contributed by atoms with van der Waals surface area (Å²) >= 11 is 0. The smallest absolute Gasteiger partial charge is 0.118 e. The van der Waals surface area contributed by atoms with Gasteiger partial charge in [0.2, 0.25) is 0 Å². The maximum Gasteiger partial charge on any atom is 0.118 e. The monoisotopic (exact) mass is 246 g/mol. The van der Waals surface area contributed by atoms with E-state index in [0.717, 1.165) is 18.0 Å². The van der Waals surface area contributed by atoms with E-state index < -0.39 is 0 Å². The van der Waals surface area contributed by atoms with Gasteiger partial charge in [0.1, 0.15) is 5.75 Å². The van der Waals surface area contributed by atoms with Crippen LogP contribution in [0.15, 0.2) is 30.5 Å². The fourth-order valence-electron chi connectivity index (χ4n) is 1.74. The molecule has 0 aliphatic heterocycles. The second-order valence-electron chi connectivity index (χ2n) is 4.22. The number of methoxy groups -OCH3 is 1. The number of hydrogen-bond donors (Lipinski definition) is 1. The number of benzene rings is 1. The molecule has 1 atom stereocenters. The summed E-state index contributed by atoms with van der Waals surface area (Å²) in [5, 5.41) is 11.2. The van der Waals surface area contributed by atoms with E-state index in [1.165, 1.54) is 5.56 Å². The predicted molar refractivity (Wildman–Crippen MR) is 69.3 cm³/mol. The molecule has 1 aromatic carbocycles. The molecule has 1 unspecified atom stereocenters. The van der Waals surface area contributed by atoms with E-state index >= 15 is 0 Å². The molecule has 5 nitrogen and oxygen atoms in total. The van der Waals surface area contributed by atoms with Gasteiger partial charge in [0, 0.05) is 19.6 Å². The molecule has 1 heterocycles. The first kappa shape index (κ1) is 12.6. The summed E-state index contributed by atoms with van der Waals surface area (Å²) in [6.07, 6.45) is 1.77. The minimum Gasteiger partial charge on any atom is -0.497 e. The first-order chi connectivity index (χ1) is 8.70. The van der Waals surface area contributed by atoms with Gasteiger partial charge in [0.25, 0.3) is 0 Å². The molecule has 1 aromatic heterocycles. The molecule has 5 heteroatoms. The summed E-state index contributed by atoms with van der Waals surface area (Å²) in [6.45, 7) is 2.88. The van der Waals surface area contributed by atoms with Crippen molar-refractivity contribution >= 4 is 0 Å². The first-order valence-electron chi connectivity index (χ1n) is 5.91. The predicted octanol–water partition coefficient (Wildman–Crippen LogP) is 1.67. The Morgan fingerprint density at radius 1 is 1.33 bits per heavy atom. The van der Waals surface area contributed by atoms with Crippen LogP contribution in [0.4, 0.5) is 0 Å². The zero-order valence-electron chi connectivity index (χ0n) is 10.9. The maximum atomic E-state index is 5.14. The largest absolute Gasteiger partial charge is 0.497 e. The summed E-state index contributed by atoms with van der Waals surface area (Å²) < 4.78 is 6.91. The molecular weight excluding hydrogens is 228 g/mol. The summed E-state index contributed by atoms with van der Waals surface area (Å²) in [6, 6.07) is 8.35. The van der Waals surface area contributed by atoms with Crippen LogP contribution >= 0.6 is 0 Å². The third-order valence-electron chi connectivity index (χ3n) is 3.01. The van der Waals surface area contributed by atoms with Crippen molar-refractivity contribution in [2.45, 2.75) is 19.5 Å².